The molecular formula is C29H27N5O2. The summed E-state index contributed by atoms with van der Waals surface area (Å²) in [5.41, 5.74) is 4.64. The average Bonchev–Trinajstić information content (AvgIpc) is 3.25. The Labute approximate surface area is 210 Å². The van der Waals surface area contributed by atoms with Crippen LogP contribution in [-0.2, 0) is 0 Å². The number of para-hydroxylation sites is 1. The maximum absolute atomic E-state index is 13.9. The number of nitriles is 1. The number of hydrogen-bond donors (Lipinski definition) is 0. The van der Waals surface area contributed by atoms with Gasteiger partial charge in [-0.15, -0.1) is 0 Å². The minimum absolute atomic E-state index is 0.0309. The van der Waals surface area contributed by atoms with Crippen molar-refractivity contribution >= 4 is 11.6 Å². The number of nitrogens with zero attached hydrogens (tertiary/aromatic N) is 5. The highest BCUT2D eigenvalue weighted by Gasteiger charge is 2.26. The Morgan fingerprint density at radius 3 is 2.47 bits per heavy atom. The summed E-state index contributed by atoms with van der Waals surface area (Å²) in [6.07, 6.45) is 2.68. The molecule has 0 radical (unpaired) electrons. The lowest BCUT2D eigenvalue weighted by atomic mass is 10.1. The number of amides is 1. The number of benzene rings is 3. The van der Waals surface area contributed by atoms with E-state index in [9.17, 15) is 4.79 Å². The van der Waals surface area contributed by atoms with Crippen LogP contribution in [0.2, 0.25) is 0 Å². The van der Waals surface area contributed by atoms with Gasteiger partial charge in [0.1, 0.15) is 11.4 Å². The van der Waals surface area contributed by atoms with E-state index in [4.69, 9.17) is 15.1 Å². The molecule has 5 rings (SSSR count). The van der Waals surface area contributed by atoms with E-state index in [2.05, 4.69) is 11.0 Å². The van der Waals surface area contributed by atoms with Crippen molar-refractivity contribution in [1.82, 2.24) is 14.7 Å². The zero-order valence-corrected chi connectivity index (χ0v) is 20.2. The van der Waals surface area contributed by atoms with E-state index in [-0.39, 0.29) is 5.91 Å². The largest absolute Gasteiger partial charge is 0.497 e. The van der Waals surface area contributed by atoms with Gasteiger partial charge in [0.25, 0.3) is 5.91 Å². The third kappa shape index (κ3) is 4.80. The van der Waals surface area contributed by atoms with Crippen molar-refractivity contribution in [2.75, 3.05) is 38.2 Å². The first kappa shape index (κ1) is 23.2. The van der Waals surface area contributed by atoms with Gasteiger partial charge in [-0.25, -0.2) is 4.68 Å². The number of ether oxygens (including phenoxy) is 1. The van der Waals surface area contributed by atoms with Gasteiger partial charge in [0.15, 0.2) is 0 Å². The monoisotopic (exact) mass is 477 g/mol. The lowest BCUT2D eigenvalue weighted by Gasteiger charge is -2.23. The minimum Gasteiger partial charge on any atom is -0.497 e. The van der Waals surface area contributed by atoms with E-state index in [1.54, 1.807) is 11.8 Å². The standard InChI is InChI=1S/C29H27N5O2/c1-36-26-10-5-7-23(19-26)28-27(21-34(31-28)25-8-3-2-4-9-25)29(35)33-16-6-15-32(17-18-33)24-13-11-22(20-30)12-14-24/h2-5,7-14,19,21H,6,15-18H2,1H3. The van der Waals surface area contributed by atoms with Crippen molar-refractivity contribution in [3.8, 4) is 28.8 Å². The Morgan fingerprint density at radius 1 is 0.917 bits per heavy atom. The smallest absolute Gasteiger partial charge is 0.257 e. The number of anilines is 1. The summed E-state index contributed by atoms with van der Waals surface area (Å²) < 4.78 is 7.18. The molecule has 0 unspecified atom stereocenters. The van der Waals surface area contributed by atoms with E-state index in [0.29, 0.717) is 35.7 Å². The normalized spacial score (nSPS) is 13.7. The molecule has 3 aromatic carbocycles. The van der Waals surface area contributed by atoms with E-state index < -0.39 is 0 Å². The van der Waals surface area contributed by atoms with Crippen LogP contribution in [0.15, 0.2) is 85.1 Å². The molecular weight excluding hydrogens is 450 g/mol. The van der Waals surface area contributed by atoms with Crippen LogP contribution in [-0.4, -0.2) is 53.9 Å². The molecule has 1 aliphatic rings. The van der Waals surface area contributed by atoms with Crippen LogP contribution < -0.4 is 9.64 Å². The molecule has 0 aliphatic carbocycles. The Balaban J connectivity index is 1.43. The van der Waals surface area contributed by atoms with Crippen molar-refractivity contribution < 1.29 is 9.53 Å². The maximum atomic E-state index is 13.9. The van der Waals surface area contributed by atoms with Gasteiger partial charge in [0.2, 0.25) is 0 Å². The van der Waals surface area contributed by atoms with Gasteiger partial charge >= 0.3 is 0 Å². The van der Waals surface area contributed by atoms with Gasteiger partial charge in [-0.3, -0.25) is 4.79 Å². The summed E-state index contributed by atoms with van der Waals surface area (Å²) in [7, 11) is 1.63. The third-order valence-corrected chi connectivity index (χ3v) is 6.45. The molecule has 0 bridgehead atoms. The fourth-order valence-corrected chi connectivity index (χ4v) is 4.52. The topological polar surface area (TPSA) is 74.4 Å². The molecule has 7 nitrogen and oxygen atoms in total. The molecule has 4 aromatic rings. The number of carbonyl (C=O) groups is 1. The lowest BCUT2D eigenvalue weighted by molar-refractivity contribution is 0.0767. The van der Waals surface area contributed by atoms with Crippen LogP contribution >= 0.6 is 0 Å². The highest BCUT2D eigenvalue weighted by Crippen LogP contribution is 2.28. The van der Waals surface area contributed by atoms with Crippen LogP contribution in [0.3, 0.4) is 0 Å². The molecule has 1 amide bonds. The quantitative estimate of drug-likeness (QED) is 0.414. The fraction of sp³-hybridized carbons (Fsp3) is 0.207. The molecule has 180 valence electrons. The zero-order valence-electron chi connectivity index (χ0n) is 20.2. The SMILES string of the molecule is COc1cccc(-c2nn(-c3ccccc3)cc2C(=O)N2CCCN(c3ccc(C#N)cc3)CC2)c1. The summed E-state index contributed by atoms with van der Waals surface area (Å²) >= 11 is 0. The van der Waals surface area contributed by atoms with Gasteiger partial charge in [-0.1, -0.05) is 30.3 Å². The van der Waals surface area contributed by atoms with Crippen LogP contribution in [0, 0.1) is 11.3 Å². The summed E-state index contributed by atoms with van der Waals surface area (Å²) in [6.45, 7) is 2.84. The van der Waals surface area contributed by atoms with Gasteiger partial charge in [-0.2, -0.15) is 10.4 Å². The molecule has 1 saturated heterocycles. The predicted octanol–water partition coefficient (Wildman–Crippen LogP) is 4.77. The van der Waals surface area contributed by atoms with Gasteiger partial charge in [0.05, 0.1) is 30.0 Å². The van der Waals surface area contributed by atoms with E-state index in [1.807, 2.05) is 90.0 Å². The Bertz CT molecular complexity index is 1390. The number of methoxy groups -OCH3 is 1. The molecule has 0 N–H and O–H groups in total. The summed E-state index contributed by atoms with van der Waals surface area (Å²) in [6, 6.07) is 27.2. The number of carbonyl (C=O) groups excluding carboxylic acids is 1. The minimum atomic E-state index is -0.0309. The molecule has 1 fully saturated rings. The second-order valence-corrected chi connectivity index (χ2v) is 8.69. The molecule has 36 heavy (non-hydrogen) atoms. The first-order valence-corrected chi connectivity index (χ1v) is 12.0. The Hall–Kier alpha value is -4.57. The highest BCUT2D eigenvalue weighted by molar-refractivity contribution is 6.00. The van der Waals surface area contributed by atoms with Crippen molar-refractivity contribution in [2.24, 2.45) is 0 Å². The van der Waals surface area contributed by atoms with E-state index in [1.165, 1.54) is 0 Å². The third-order valence-electron chi connectivity index (χ3n) is 6.45. The maximum Gasteiger partial charge on any atom is 0.257 e. The van der Waals surface area contributed by atoms with Crippen LogP contribution in [0.5, 0.6) is 5.75 Å². The molecule has 0 spiro atoms. The molecule has 0 saturated carbocycles. The van der Waals surface area contributed by atoms with Gasteiger partial charge < -0.3 is 14.5 Å². The molecule has 0 atom stereocenters. The predicted molar refractivity (Wildman–Crippen MR) is 139 cm³/mol. The van der Waals surface area contributed by atoms with Crippen molar-refractivity contribution in [3.63, 3.8) is 0 Å². The van der Waals surface area contributed by atoms with Gasteiger partial charge in [0, 0.05) is 43.6 Å². The first-order valence-electron chi connectivity index (χ1n) is 12.0. The zero-order chi connectivity index (χ0) is 24.9. The Kier molecular flexibility index (Phi) is 6.67. The van der Waals surface area contributed by atoms with Crippen LogP contribution in [0.1, 0.15) is 22.3 Å². The number of aromatic nitrogens is 2. The second kappa shape index (κ2) is 10.4. The molecule has 1 aliphatic heterocycles. The van der Waals surface area contributed by atoms with Crippen LogP contribution in [0.4, 0.5) is 5.69 Å². The van der Waals surface area contributed by atoms with Gasteiger partial charge in [-0.05, 0) is 55.0 Å². The number of rotatable bonds is 5. The second-order valence-electron chi connectivity index (χ2n) is 8.69. The summed E-state index contributed by atoms with van der Waals surface area (Å²) in [4.78, 5) is 18.0. The van der Waals surface area contributed by atoms with Crippen molar-refractivity contribution in [2.45, 2.75) is 6.42 Å². The molecule has 1 aromatic heterocycles. The molecule has 2 heterocycles. The summed E-state index contributed by atoms with van der Waals surface area (Å²) in [5.74, 6) is 0.685. The lowest BCUT2D eigenvalue weighted by Crippen LogP contribution is -2.35. The molecule has 7 heteroatoms. The fourth-order valence-electron chi connectivity index (χ4n) is 4.52. The summed E-state index contributed by atoms with van der Waals surface area (Å²) in [5, 5.41) is 13.9. The van der Waals surface area contributed by atoms with E-state index in [0.717, 1.165) is 36.4 Å². The number of hydrogen-bond acceptors (Lipinski definition) is 5. The average molecular weight is 478 g/mol. The Morgan fingerprint density at radius 2 is 1.72 bits per heavy atom. The highest BCUT2D eigenvalue weighted by atomic mass is 16.5. The first-order chi connectivity index (χ1) is 17.7. The van der Waals surface area contributed by atoms with E-state index >= 15 is 0 Å². The van der Waals surface area contributed by atoms with Crippen molar-refractivity contribution in [1.29, 1.82) is 5.26 Å². The van der Waals surface area contributed by atoms with Crippen LogP contribution in [0.25, 0.3) is 16.9 Å². The van der Waals surface area contributed by atoms with Crippen molar-refractivity contribution in [3.05, 3.63) is 96.2 Å².